The van der Waals surface area contributed by atoms with Gasteiger partial charge >= 0.3 is 0 Å². The summed E-state index contributed by atoms with van der Waals surface area (Å²) in [4.78, 5) is 10.2. The van der Waals surface area contributed by atoms with Crippen molar-refractivity contribution in [1.82, 2.24) is 4.31 Å². The molecule has 0 bridgehead atoms. The van der Waals surface area contributed by atoms with Gasteiger partial charge in [-0.2, -0.15) is 4.31 Å². The highest BCUT2D eigenvalue weighted by atomic mass is 32.2. The number of anilines is 1. The Morgan fingerprint density at radius 2 is 1.89 bits per heavy atom. The standard InChI is InChI=1S/C18H22BN3O5S/c19-14-5-6-16(13(11-14)12-23)20-15-7-9-21(10-8-15)28(26,27)18-4-2-1-3-17(18)22(24)25/h1-6,11,15,20,23H,7-10,12,19H2. The maximum atomic E-state index is 12.9. The number of hydrogen-bond acceptors (Lipinski definition) is 6. The van der Waals surface area contributed by atoms with Gasteiger partial charge in [0.05, 0.1) is 11.5 Å². The molecule has 0 aliphatic carbocycles. The predicted octanol–water partition coefficient (Wildman–Crippen LogP) is 0.611. The van der Waals surface area contributed by atoms with Crippen molar-refractivity contribution in [3.8, 4) is 0 Å². The monoisotopic (exact) mass is 403 g/mol. The second-order valence-electron chi connectivity index (χ2n) is 6.87. The van der Waals surface area contributed by atoms with Gasteiger partial charge in [0.1, 0.15) is 7.85 Å². The minimum Gasteiger partial charge on any atom is -0.392 e. The van der Waals surface area contributed by atoms with Crippen molar-refractivity contribution in [1.29, 1.82) is 0 Å². The number of aliphatic hydroxyl groups is 1. The number of para-hydroxylation sites is 1. The number of nitrogens with one attached hydrogen (secondary N) is 1. The third kappa shape index (κ3) is 4.19. The molecular weight excluding hydrogens is 381 g/mol. The lowest BCUT2D eigenvalue weighted by Gasteiger charge is -2.32. The molecule has 2 aromatic rings. The highest BCUT2D eigenvalue weighted by molar-refractivity contribution is 7.89. The lowest BCUT2D eigenvalue weighted by Crippen LogP contribution is -2.42. The van der Waals surface area contributed by atoms with Crippen LogP contribution in [0.5, 0.6) is 0 Å². The zero-order valence-corrected chi connectivity index (χ0v) is 16.4. The third-order valence-corrected chi connectivity index (χ3v) is 6.87. The summed E-state index contributed by atoms with van der Waals surface area (Å²) in [5, 5.41) is 24.1. The van der Waals surface area contributed by atoms with E-state index in [4.69, 9.17) is 0 Å². The van der Waals surface area contributed by atoms with Gasteiger partial charge in [0.25, 0.3) is 5.69 Å². The molecule has 0 aromatic heterocycles. The summed E-state index contributed by atoms with van der Waals surface area (Å²) in [6, 6.07) is 11.3. The Morgan fingerprint density at radius 3 is 2.54 bits per heavy atom. The number of nitro benzene ring substituents is 1. The molecule has 8 nitrogen and oxygen atoms in total. The van der Waals surface area contributed by atoms with Crippen LogP contribution < -0.4 is 10.8 Å². The molecule has 0 saturated carbocycles. The van der Waals surface area contributed by atoms with Crippen molar-refractivity contribution in [2.45, 2.75) is 30.4 Å². The molecule has 0 atom stereocenters. The molecule has 1 fully saturated rings. The first-order valence-corrected chi connectivity index (χ1v) is 10.5. The normalized spacial score (nSPS) is 16.0. The van der Waals surface area contributed by atoms with Crippen molar-refractivity contribution in [2.75, 3.05) is 18.4 Å². The Hall–Kier alpha value is -2.43. The van der Waals surface area contributed by atoms with E-state index < -0.39 is 20.6 Å². The van der Waals surface area contributed by atoms with Crippen molar-refractivity contribution in [3.63, 3.8) is 0 Å². The summed E-state index contributed by atoms with van der Waals surface area (Å²) in [5.74, 6) is 0. The fraction of sp³-hybridized carbons (Fsp3) is 0.333. The molecule has 148 valence electrons. The van der Waals surface area contributed by atoms with E-state index in [1.165, 1.54) is 28.6 Å². The maximum Gasteiger partial charge on any atom is 0.289 e. The molecule has 0 unspecified atom stereocenters. The van der Waals surface area contributed by atoms with Gasteiger partial charge in [-0.3, -0.25) is 10.1 Å². The van der Waals surface area contributed by atoms with Crippen LogP contribution in [0.3, 0.4) is 0 Å². The van der Waals surface area contributed by atoms with Crippen molar-refractivity contribution in [2.24, 2.45) is 0 Å². The third-order valence-electron chi connectivity index (χ3n) is 4.92. The fourth-order valence-corrected chi connectivity index (χ4v) is 5.05. The lowest BCUT2D eigenvalue weighted by molar-refractivity contribution is -0.387. The number of aliphatic hydroxyl groups excluding tert-OH is 1. The molecule has 1 aliphatic rings. The maximum absolute atomic E-state index is 12.9. The van der Waals surface area contributed by atoms with Gasteiger partial charge in [-0.25, -0.2) is 8.42 Å². The summed E-state index contributed by atoms with van der Waals surface area (Å²) in [5.41, 5.74) is 2.29. The van der Waals surface area contributed by atoms with E-state index >= 15 is 0 Å². The molecule has 0 radical (unpaired) electrons. The highest BCUT2D eigenvalue weighted by Crippen LogP contribution is 2.29. The molecule has 10 heteroatoms. The number of rotatable bonds is 6. The molecule has 1 saturated heterocycles. The first-order valence-electron chi connectivity index (χ1n) is 9.03. The van der Waals surface area contributed by atoms with Crippen molar-refractivity contribution >= 4 is 34.7 Å². The molecule has 1 heterocycles. The predicted molar refractivity (Wildman–Crippen MR) is 109 cm³/mol. The smallest absolute Gasteiger partial charge is 0.289 e. The minimum absolute atomic E-state index is 0.0604. The number of hydrogen-bond donors (Lipinski definition) is 2. The number of nitrogens with zero attached hydrogens (tertiary/aromatic N) is 2. The fourth-order valence-electron chi connectivity index (χ4n) is 3.42. The number of sulfonamides is 1. The van der Waals surface area contributed by atoms with Gasteiger partial charge in [0, 0.05) is 36.4 Å². The average molecular weight is 403 g/mol. The van der Waals surface area contributed by atoms with E-state index in [1.807, 2.05) is 26.0 Å². The molecular formula is C18H22BN3O5S. The van der Waals surface area contributed by atoms with E-state index in [2.05, 4.69) is 5.32 Å². The molecule has 1 aliphatic heterocycles. The van der Waals surface area contributed by atoms with Crippen molar-refractivity contribution < 1.29 is 18.4 Å². The van der Waals surface area contributed by atoms with Gasteiger partial charge in [-0.15, -0.1) is 0 Å². The molecule has 3 rings (SSSR count). The van der Waals surface area contributed by atoms with Crippen LogP contribution in [0.4, 0.5) is 11.4 Å². The van der Waals surface area contributed by atoms with Crippen LogP contribution in [-0.2, 0) is 16.6 Å². The van der Waals surface area contributed by atoms with Gasteiger partial charge in [-0.05, 0) is 25.0 Å². The number of nitro groups is 1. The van der Waals surface area contributed by atoms with Crippen LogP contribution in [-0.4, -0.2) is 49.7 Å². The minimum atomic E-state index is -3.93. The molecule has 0 spiro atoms. The van der Waals surface area contributed by atoms with Crippen molar-refractivity contribution in [3.05, 3.63) is 58.1 Å². The van der Waals surface area contributed by atoms with Crippen LogP contribution in [0, 0.1) is 10.1 Å². The van der Waals surface area contributed by atoms with Crippen LogP contribution in [0.25, 0.3) is 0 Å². The Kier molecular flexibility index (Phi) is 6.02. The lowest BCUT2D eigenvalue weighted by atomic mass is 9.93. The molecule has 0 amide bonds. The largest absolute Gasteiger partial charge is 0.392 e. The molecule has 2 aromatic carbocycles. The van der Waals surface area contributed by atoms with Crippen LogP contribution >= 0.6 is 0 Å². The van der Waals surface area contributed by atoms with E-state index in [0.717, 1.165) is 16.7 Å². The Bertz CT molecular complexity index is 975. The number of piperidine rings is 1. The Morgan fingerprint density at radius 1 is 1.21 bits per heavy atom. The zero-order chi connectivity index (χ0) is 20.3. The topological polar surface area (TPSA) is 113 Å². The first kappa shape index (κ1) is 20.3. The summed E-state index contributed by atoms with van der Waals surface area (Å²) in [7, 11) is -1.98. The SMILES string of the molecule is Bc1ccc(NC2CCN(S(=O)(=O)c3ccccc3[N+](=O)[O-])CC2)c(CO)c1. The van der Waals surface area contributed by atoms with Crippen LogP contribution in [0.15, 0.2) is 47.4 Å². The van der Waals surface area contributed by atoms with Gasteiger partial charge in [0.2, 0.25) is 10.0 Å². The highest BCUT2D eigenvalue weighted by Gasteiger charge is 2.34. The molecule has 28 heavy (non-hydrogen) atoms. The van der Waals surface area contributed by atoms with Gasteiger partial charge in [0.15, 0.2) is 4.90 Å². The summed E-state index contributed by atoms with van der Waals surface area (Å²) >= 11 is 0. The summed E-state index contributed by atoms with van der Waals surface area (Å²) < 4.78 is 27.1. The van der Waals surface area contributed by atoms with Gasteiger partial charge in [-0.1, -0.05) is 29.7 Å². The van der Waals surface area contributed by atoms with E-state index in [0.29, 0.717) is 12.8 Å². The second kappa shape index (κ2) is 8.30. The van der Waals surface area contributed by atoms with E-state index in [-0.39, 0.29) is 30.6 Å². The molecule has 2 N–H and O–H groups in total. The average Bonchev–Trinajstić information content (AvgIpc) is 2.69. The Labute approximate surface area is 164 Å². The van der Waals surface area contributed by atoms with Crippen LogP contribution in [0.2, 0.25) is 0 Å². The zero-order valence-electron chi connectivity index (χ0n) is 15.5. The van der Waals surface area contributed by atoms with E-state index in [1.54, 1.807) is 0 Å². The van der Waals surface area contributed by atoms with E-state index in [9.17, 15) is 23.6 Å². The first-order chi connectivity index (χ1) is 13.3. The summed E-state index contributed by atoms with van der Waals surface area (Å²) in [6.07, 6.45) is 1.14. The number of benzene rings is 2. The summed E-state index contributed by atoms with van der Waals surface area (Å²) in [6.45, 7) is 0.466. The quantitative estimate of drug-likeness (QED) is 0.415. The van der Waals surface area contributed by atoms with Gasteiger partial charge < -0.3 is 10.4 Å². The Balaban J connectivity index is 1.71. The van der Waals surface area contributed by atoms with Crippen LogP contribution in [0.1, 0.15) is 18.4 Å². The second-order valence-corrected chi connectivity index (χ2v) is 8.77.